The van der Waals surface area contributed by atoms with E-state index in [1.165, 1.54) is 24.8 Å². The van der Waals surface area contributed by atoms with Gasteiger partial charge < -0.3 is 10.1 Å². The van der Waals surface area contributed by atoms with Gasteiger partial charge in [0.15, 0.2) is 0 Å². The van der Waals surface area contributed by atoms with Crippen LogP contribution in [0.4, 0.5) is 0 Å². The summed E-state index contributed by atoms with van der Waals surface area (Å²) in [6.45, 7) is 0.906. The van der Waals surface area contributed by atoms with Crippen LogP contribution in [0, 0.1) is 0 Å². The fraction of sp³-hybridized carbons (Fsp3) is 0.615. The highest BCUT2D eigenvalue weighted by Gasteiger charge is 2.23. The Hall–Kier alpha value is -0.740. The van der Waals surface area contributed by atoms with Gasteiger partial charge in [-0.1, -0.05) is 6.07 Å². The van der Waals surface area contributed by atoms with E-state index in [9.17, 15) is 0 Å². The van der Waals surface area contributed by atoms with Crippen LogP contribution in [0.15, 0.2) is 18.3 Å². The molecule has 1 aliphatic rings. The van der Waals surface area contributed by atoms with Crippen molar-refractivity contribution in [2.45, 2.75) is 37.1 Å². The van der Waals surface area contributed by atoms with Crippen LogP contribution < -0.4 is 10.1 Å². The van der Waals surface area contributed by atoms with Gasteiger partial charge in [0.05, 0.1) is 7.11 Å². The predicted molar refractivity (Wildman–Crippen MR) is 72.6 cm³/mol. The van der Waals surface area contributed by atoms with Crippen LogP contribution in [-0.2, 0) is 6.54 Å². The zero-order valence-electron chi connectivity index (χ0n) is 10.5. The zero-order valence-corrected chi connectivity index (χ0v) is 11.3. The van der Waals surface area contributed by atoms with E-state index in [0.29, 0.717) is 11.9 Å². The highest BCUT2D eigenvalue weighted by molar-refractivity contribution is 7.99. The highest BCUT2D eigenvalue weighted by atomic mass is 32.2. The van der Waals surface area contributed by atoms with Gasteiger partial charge in [-0.3, -0.25) is 0 Å². The lowest BCUT2D eigenvalue weighted by Gasteiger charge is -2.12. The van der Waals surface area contributed by atoms with Crippen molar-refractivity contribution < 1.29 is 4.74 Å². The Bertz CT molecular complexity index is 342. The number of hydrogen-bond acceptors (Lipinski definition) is 4. The molecule has 0 bridgehead atoms. The Labute approximate surface area is 107 Å². The van der Waals surface area contributed by atoms with Gasteiger partial charge in [-0.15, -0.1) is 0 Å². The lowest BCUT2D eigenvalue weighted by molar-refractivity contribution is 0.397. The van der Waals surface area contributed by atoms with Crippen LogP contribution in [0.5, 0.6) is 5.88 Å². The monoisotopic (exact) mass is 252 g/mol. The van der Waals surface area contributed by atoms with Crippen molar-refractivity contribution in [2.24, 2.45) is 0 Å². The third kappa shape index (κ3) is 3.61. The Morgan fingerprint density at radius 1 is 1.47 bits per heavy atom. The van der Waals surface area contributed by atoms with Crippen molar-refractivity contribution in [2.75, 3.05) is 13.4 Å². The van der Waals surface area contributed by atoms with Crippen molar-refractivity contribution >= 4 is 11.8 Å². The molecule has 2 rings (SSSR count). The fourth-order valence-electron chi connectivity index (χ4n) is 2.24. The van der Waals surface area contributed by atoms with Crippen LogP contribution >= 0.6 is 11.8 Å². The normalized spacial score (nSPS) is 23.9. The van der Waals surface area contributed by atoms with Crippen molar-refractivity contribution in [3.8, 4) is 5.88 Å². The molecule has 1 aliphatic carbocycles. The van der Waals surface area contributed by atoms with Crippen LogP contribution in [0.2, 0.25) is 0 Å². The second kappa shape index (κ2) is 6.26. The summed E-state index contributed by atoms with van der Waals surface area (Å²) < 4.78 is 5.04. The quantitative estimate of drug-likeness (QED) is 0.873. The number of ether oxygens (including phenoxy) is 1. The molecule has 1 aromatic heterocycles. The van der Waals surface area contributed by atoms with Gasteiger partial charge in [0.1, 0.15) is 0 Å². The van der Waals surface area contributed by atoms with Gasteiger partial charge >= 0.3 is 0 Å². The van der Waals surface area contributed by atoms with E-state index in [1.54, 1.807) is 7.11 Å². The van der Waals surface area contributed by atoms with Gasteiger partial charge in [0.25, 0.3) is 0 Å². The summed E-state index contributed by atoms with van der Waals surface area (Å²) in [5, 5.41) is 4.45. The maximum atomic E-state index is 5.04. The SMILES string of the molecule is COc1ccc(CNC2CCC(SC)C2)cn1. The first-order valence-electron chi connectivity index (χ1n) is 6.07. The van der Waals surface area contributed by atoms with Gasteiger partial charge in [-0.2, -0.15) is 11.8 Å². The summed E-state index contributed by atoms with van der Waals surface area (Å²) in [6, 6.07) is 4.66. The molecule has 1 N–H and O–H groups in total. The van der Waals surface area contributed by atoms with Gasteiger partial charge in [-0.05, 0) is 31.1 Å². The Morgan fingerprint density at radius 3 is 2.94 bits per heavy atom. The molecular formula is C13H20N2OS. The summed E-state index contributed by atoms with van der Waals surface area (Å²) in [5.41, 5.74) is 1.22. The smallest absolute Gasteiger partial charge is 0.212 e. The number of methoxy groups -OCH3 is 1. The van der Waals surface area contributed by atoms with Gasteiger partial charge in [0, 0.05) is 30.1 Å². The lowest BCUT2D eigenvalue weighted by atomic mass is 10.2. The Balaban J connectivity index is 1.78. The average molecular weight is 252 g/mol. The summed E-state index contributed by atoms with van der Waals surface area (Å²) in [6.07, 6.45) is 8.03. The molecule has 0 spiro atoms. The Morgan fingerprint density at radius 2 is 2.35 bits per heavy atom. The first kappa shape index (κ1) is 12.7. The zero-order chi connectivity index (χ0) is 12.1. The van der Waals surface area contributed by atoms with Gasteiger partial charge in [-0.25, -0.2) is 4.98 Å². The molecule has 0 radical (unpaired) electrons. The van der Waals surface area contributed by atoms with Crippen LogP contribution in [0.3, 0.4) is 0 Å². The summed E-state index contributed by atoms with van der Waals surface area (Å²) >= 11 is 1.99. The molecule has 0 saturated heterocycles. The first-order chi connectivity index (χ1) is 8.31. The molecule has 2 unspecified atom stereocenters. The molecule has 0 aromatic carbocycles. The fourth-order valence-corrected chi connectivity index (χ4v) is 3.03. The van der Waals surface area contributed by atoms with Crippen molar-refractivity contribution in [1.82, 2.24) is 10.3 Å². The summed E-state index contributed by atoms with van der Waals surface area (Å²) in [7, 11) is 1.64. The van der Waals surface area contributed by atoms with E-state index < -0.39 is 0 Å². The lowest BCUT2D eigenvalue weighted by Crippen LogP contribution is -2.26. The van der Waals surface area contributed by atoms with Crippen molar-refractivity contribution in [3.05, 3.63) is 23.9 Å². The molecule has 1 saturated carbocycles. The van der Waals surface area contributed by atoms with E-state index in [0.717, 1.165) is 11.8 Å². The standard InChI is InChI=1S/C13H20N2OS/c1-16-13-6-3-10(9-15-13)8-14-11-4-5-12(7-11)17-2/h3,6,9,11-12,14H,4-5,7-8H2,1-2H3. The third-order valence-electron chi connectivity index (χ3n) is 3.32. The molecule has 0 amide bonds. The molecule has 2 atom stereocenters. The van der Waals surface area contributed by atoms with E-state index in [2.05, 4.69) is 22.6 Å². The third-order valence-corrected chi connectivity index (χ3v) is 4.41. The van der Waals surface area contributed by atoms with Crippen LogP contribution in [0.1, 0.15) is 24.8 Å². The maximum Gasteiger partial charge on any atom is 0.212 e. The number of rotatable bonds is 5. The molecular weight excluding hydrogens is 232 g/mol. The number of nitrogens with one attached hydrogen (secondary N) is 1. The molecule has 94 valence electrons. The minimum Gasteiger partial charge on any atom is -0.481 e. The molecule has 1 fully saturated rings. The minimum absolute atomic E-state index is 0.676. The second-order valence-electron chi connectivity index (χ2n) is 4.46. The van der Waals surface area contributed by atoms with Crippen LogP contribution in [0.25, 0.3) is 0 Å². The highest BCUT2D eigenvalue weighted by Crippen LogP contribution is 2.28. The predicted octanol–water partition coefficient (Wildman–Crippen LogP) is 2.46. The van der Waals surface area contributed by atoms with E-state index >= 15 is 0 Å². The average Bonchev–Trinajstić information content (AvgIpc) is 2.85. The summed E-state index contributed by atoms with van der Waals surface area (Å²) in [5.74, 6) is 0.678. The number of thioether (sulfide) groups is 1. The summed E-state index contributed by atoms with van der Waals surface area (Å²) in [4.78, 5) is 4.21. The van der Waals surface area contributed by atoms with Gasteiger partial charge in [0.2, 0.25) is 5.88 Å². The first-order valence-corrected chi connectivity index (χ1v) is 7.35. The number of nitrogens with zero attached hydrogens (tertiary/aromatic N) is 1. The van der Waals surface area contributed by atoms with Crippen molar-refractivity contribution in [3.63, 3.8) is 0 Å². The molecule has 17 heavy (non-hydrogen) atoms. The van der Waals surface area contributed by atoms with E-state index in [4.69, 9.17) is 4.74 Å². The molecule has 4 heteroatoms. The number of aromatic nitrogens is 1. The molecule has 1 aromatic rings. The van der Waals surface area contributed by atoms with E-state index in [-0.39, 0.29) is 0 Å². The van der Waals surface area contributed by atoms with E-state index in [1.807, 2.05) is 24.0 Å². The Kier molecular flexibility index (Phi) is 4.68. The topological polar surface area (TPSA) is 34.1 Å². The second-order valence-corrected chi connectivity index (χ2v) is 5.60. The number of pyridine rings is 1. The van der Waals surface area contributed by atoms with Crippen molar-refractivity contribution in [1.29, 1.82) is 0 Å². The van der Waals surface area contributed by atoms with Crippen LogP contribution in [-0.4, -0.2) is 29.6 Å². The largest absolute Gasteiger partial charge is 0.481 e. The molecule has 0 aliphatic heterocycles. The molecule has 3 nitrogen and oxygen atoms in total. The molecule has 1 heterocycles. The number of hydrogen-bond donors (Lipinski definition) is 1. The minimum atomic E-state index is 0.676. The maximum absolute atomic E-state index is 5.04.